The minimum atomic E-state index is -3.54. The molecule has 0 bridgehead atoms. The number of nitrogens with zero attached hydrogens (tertiary/aromatic N) is 8. The maximum absolute atomic E-state index is 11.0. The number of aliphatic hydroxyl groups excluding tert-OH is 1. The largest absolute Gasteiger partial charge is 1.00 e. The molecule has 0 atom stereocenters. The number of esters is 2. The van der Waals surface area contributed by atoms with E-state index in [0.29, 0.717) is 33.5 Å². The third kappa shape index (κ3) is 46.3. The second kappa shape index (κ2) is 55.1. The molecule has 0 unspecified atom stereocenters. The van der Waals surface area contributed by atoms with Gasteiger partial charge in [-0.25, -0.2) is 13.2 Å². The van der Waals surface area contributed by atoms with Crippen LogP contribution in [0.3, 0.4) is 0 Å². The molecule has 0 aliphatic carbocycles. The van der Waals surface area contributed by atoms with Gasteiger partial charge in [0.25, 0.3) is 44.2 Å². The number of nitrogen functional groups attached to an aromatic ring is 1. The number of aryl methyl sites for hydroxylation is 7. The van der Waals surface area contributed by atoms with Crippen molar-refractivity contribution in [2.75, 3.05) is 32.5 Å². The van der Waals surface area contributed by atoms with Crippen molar-refractivity contribution >= 4 is 106 Å². The van der Waals surface area contributed by atoms with Crippen molar-refractivity contribution in [3.05, 3.63) is 273 Å². The van der Waals surface area contributed by atoms with Crippen LogP contribution in [0.15, 0.2) is 127 Å². The average molecular weight is 1610 g/mol. The first kappa shape index (κ1) is 109. The van der Waals surface area contributed by atoms with Gasteiger partial charge >= 0.3 is 105 Å². The molecule has 0 aliphatic heterocycles. The number of benzene rings is 7. The molecule has 568 valence electrons. The number of nitrogens with two attached hydrogens (primary N) is 1. The zero-order chi connectivity index (χ0) is 79.8. The molecule has 0 aromatic heterocycles. The molecule has 36 nitrogen and oxygen atoms in total. The van der Waals surface area contributed by atoms with Crippen LogP contribution in [0.5, 0.6) is 0 Å². The number of non-ortho nitro benzene ring substituents is 6. The Balaban J connectivity index is -0.000000273. The van der Waals surface area contributed by atoms with E-state index in [-0.39, 0.29) is 183 Å². The van der Waals surface area contributed by atoms with Crippen molar-refractivity contribution < 1.29 is 181 Å². The summed E-state index contributed by atoms with van der Waals surface area (Å²) in [4.78, 5) is 102. The smallest absolute Gasteiger partial charge is 0.870 e. The molecule has 42 heteroatoms. The van der Waals surface area contributed by atoms with Gasteiger partial charge < -0.3 is 47.8 Å². The summed E-state index contributed by atoms with van der Waals surface area (Å²) < 4.78 is 54.0. The SMILES string of the molecule is COC(=O)Cc1cc(N)ccc1C.COC(=O)Cc1cc([N+](=O)[O-])ccc1C.CS(=O)(=O)Cl.Cc1ccc([N+](=O)[O-])cc1C(=O)O.Cc1ccc([N+](=O)[O-])cc1CC#N.Cc1ccc([N+](=O)[O-])cc1CC(=O)O.Cc1ccc([N+](=O)[O-])cc1CO.Cc1ccc([N+](=O)[O-])cc1COS(C)(=O)=O.Cl.[C-]#N.[K+].[Na+].[OH-]. The second-order valence-corrected chi connectivity index (χ2v) is 25.5. The molecule has 7 aromatic carbocycles. The Morgan fingerprint density at radius 1 is 0.495 bits per heavy atom. The number of hydrogen-bond donors (Lipinski definition) is 4. The molecular formula is C65H73Cl2KN9NaO27S2. The number of methoxy groups -OCH3 is 2. The summed E-state index contributed by atoms with van der Waals surface area (Å²) in [6.45, 7) is 16.8. The summed E-state index contributed by atoms with van der Waals surface area (Å²) in [5, 5.41) is 103. The van der Waals surface area contributed by atoms with Crippen LogP contribution in [-0.4, -0.2) is 118 Å². The number of hydrogen-bond acceptors (Lipinski definition) is 28. The quantitative estimate of drug-likeness (QED) is 0.0123. The second-order valence-electron chi connectivity index (χ2n) is 20.8. The van der Waals surface area contributed by atoms with Gasteiger partial charge in [-0.05, 0) is 133 Å². The Bertz CT molecular complexity index is 4510. The number of carboxylic acids is 2. The first-order valence-corrected chi connectivity index (χ1v) is 33.2. The van der Waals surface area contributed by atoms with Crippen molar-refractivity contribution in [3.63, 3.8) is 0 Å². The van der Waals surface area contributed by atoms with Crippen LogP contribution in [0.1, 0.15) is 82.7 Å². The number of ether oxygens (including phenoxy) is 2. The fourth-order valence-electron chi connectivity index (χ4n) is 7.46. The number of nitriles is 1. The topological polar surface area (TPSA) is 587 Å². The summed E-state index contributed by atoms with van der Waals surface area (Å²) >= 11 is 0. The van der Waals surface area contributed by atoms with Gasteiger partial charge in [0.05, 0.1) is 107 Å². The number of carboxylic acid groups (broad SMARTS) is 2. The molecular weight excluding hydrogens is 1540 g/mol. The Hall–Kier alpha value is -9.40. The van der Waals surface area contributed by atoms with Crippen LogP contribution in [0.2, 0.25) is 0 Å². The average Bonchev–Trinajstić information content (AvgIpc) is 0.868. The number of carbonyl (C=O) groups excluding carboxylic acids is 2. The van der Waals surface area contributed by atoms with Gasteiger partial charge in [-0.2, -0.15) is 13.7 Å². The number of aliphatic hydroxyl groups is 1. The van der Waals surface area contributed by atoms with Crippen LogP contribution in [0.4, 0.5) is 39.8 Å². The van der Waals surface area contributed by atoms with Crippen molar-refractivity contribution in [2.24, 2.45) is 0 Å². The monoisotopic (exact) mass is 1610 g/mol. The molecule has 7 aromatic rings. The van der Waals surface area contributed by atoms with E-state index in [4.69, 9.17) is 38.1 Å². The van der Waals surface area contributed by atoms with E-state index >= 15 is 0 Å². The van der Waals surface area contributed by atoms with Crippen LogP contribution in [-0.2, 0) is 86.1 Å². The zero-order valence-corrected chi connectivity index (χ0v) is 68.1. The van der Waals surface area contributed by atoms with E-state index in [1.165, 1.54) is 87.0 Å². The van der Waals surface area contributed by atoms with Crippen molar-refractivity contribution in [1.29, 1.82) is 10.5 Å². The number of rotatable bonds is 18. The molecule has 0 radical (unpaired) electrons. The Kier molecular flexibility index (Phi) is 55.9. The van der Waals surface area contributed by atoms with Crippen LogP contribution in [0.25, 0.3) is 0 Å². The van der Waals surface area contributed by atoms with E-state index in [9.17, 15) is 96.7 Å². The maximum atomic E-state index is 11.0. The molecule has 0 fully saturated rings. The number of nitro benzene ring substituents is 6. The van der Waals surface area contributed by atoms with E-state index in [1.54, 1.807) is 71.0 Å². The number of anilines is 1. The van der Waals surface area contributed by atoms with Crippen molar-refractivity contribution in [2.45, 2.75) is 87.4 Å². The fraction of sp³-hybridized carbons (Fsp3) is 0.262. The van der Waals surface area contributed by atoms with Gasteiger partial charge in [-0.1, -0.05) is 42.5 Å². The Morgan fingerprint density at radius 2 is 0.757 bits per heavy atom. The molecule has 0 saturated carbocycles. The molecule has 0 aliphatic rings. The standard InChI is InChI=1S/C10H11NO4.C10H13NO2.C9H8N2O2.C9H11NO5S.C9H9NO4.C8H7NO4.C8H9NO3.CH3ClO2S.CN.ClH.K.Na.H2O/c1-7-3-4-9(11(13)14)5-8(7)6-10(12)15-2;1-7-3-4-9(11)5-8(7)6-10(12)13-2;1-7-2-3-9(11(12)13)6-8(7)4-5-10;1-7-3-4-9(10(11)12)5-8(7)6-15-16(2,13)14;1-6-2-3-8(10(13)14)4-7(6)5-9(11)12;1-5-2-3-6(9(12)13)4-7(5)8(10)11;1-6-2-3-8(9(11)12)4-7(6)5-10;1-5(2,3)4;1-2;;;;/h3-5H,6H2,1-2H3;3-5H,6,11H2,1-2H3;2-3,6H,4H2,1H3;3-5H,6H2,1-2H3;2-4H,5H2,1H3,(H,11,12);2-4H,1H3,(H,10,11);2-4,10H,5H2,1H3;1H3;;1H;;;1H2/q;;;;;;;;-1;;2*+1;/p-1. The minimum Gasteiger partial charge on any atom is -0.870 e. The molecule has 0 saturated heterocycles. The van der Waals surface area contributed by atoms with Gasteiger partial charge in [0.2, 0.25) is 9.05 Å². The first-order chi connectivity index (χ1) is 47.8. The van der Waals surface area contributed by atoms with Crippen LogP contribution >= 0.6 is 23.1 Å². The summed E-state index contributed by atoms with van der Waals surface area (Å²) in [5.41, 5.74) is 15.4. The summed E-state index contributed by atoms with van der Waals surface area (Å²) in [5.74, 6) is -2.79. The van der Waals surface area contributed by atoms with E-state index in [0.717, 1.165) is 63.1 Å². The van der Waals surface area contributed by atoms with E-state index < -0.39 is 66.6 Å². The third-order valence-electron chi connectivity index (χ3n) is 13.1. The number of halogens is 2. The normalized spacial score (nSPS) is 9.48. The fourth-order valence-corrected chi connectivity index (χ4v) is 7.81. The number of nitro groups is 6. The summed E-state index contributed by atoms with van der Waals surface area (Å²) in [7, 11) is 0.431. The van der Waals surface area contributed by atoms with Gasteiger partial charge in [-0.15, -0.1) is 12.4 Å². The third-order valence-corrected chi connectivity index (χ3v) is 13.6. The van der Waals surface area contributed by atoms with Gasteiger partial charge in [0, 0.05) is 89.2 Å². The van der Waals surface area contributed by atoms with Crippen molar-refractivity contribution in [3.8, 4) is 6.07 Å². The van der Waals surface area contributed by atoms with Crippen LogP contribution in [0, 0.1) is 132 Å². The van der Waals surface area contributed by atoms with Gasteiger partial charge in [-0.3, -0.25) is 79.3 Å². The van der Waals surface area contributed by atoms with Crippen molar-refractivity contribution in [1.82, 2.24) is 0 Å². The predicted molar refractivity (Wildman–Crippen MR) is 382 cm³/mol. The van der Waals surface area contributed by atoms with Gasteiger partial charge in [0.15, 0.2) is 0 Å². The predicted octanol–water partition coefficient (Wildman–Crippen LogP) is 5.32. The number of aromatic carboxylic acids is 1. The molecule has 6 N–H and O–H groups in total. The Morgan fingerprint density at radius 3 is 1.06 bits per heavy atom. The molecule has 0 spiro atoms. The molecule has 7 rings (SSSR count). The van der Waals surface area contributed by atoms with E-state index in [1.807, 2.05) is 32.0 Å². The maximum Gasteiger partial charge on any atom is 1.00 e. The van der Waals surface area contributed by atoms with E-state index in [2.05, 4.69) is 24.3 Å². The first-order valence-electron chi connectivity index (χ1n) is 28.6. The number of carbonyl (C=O) groups is 4. The van der Waals surface area contributed by atoms with Gasteiger partial charge in [0.1, 0.15) is 0 Å². The molecule has 0 amide bonds. The minimum absolute atomic E-state index is 0. The Labute approximate surface area is 689 Å². The molecule has 107 heavy (non-hydrogen) atoms. The number of aliphatic carboxylic acids is 1. The zero-order valence-electron chi connectivity index (χ0n) is 59.8. The molecule has 0 heterocycles. The van der Waals surface area contributed by atoms with Crippen LogP contribution < -0.4 is 86.7 Å². The summed E-state index contributed by atoms with van der Waals surface area (Å²) in [6, 6.07) is 33.1. The summed E-state index contributed by atoms with van der Waals surface area (Å²) in [6.07, 6.45) is 2.23.